The monoisotopic (exact) mass is 226 g/mol. The van der Waals surface area contributed by atoms with Crippen LogP contribution < -0.4 is 0 Å². The summed E-state index contributed by atoms with van der Waals surface area (Å²) in [5, 5.41) is 7.62. The number of rotatable bonds is 3. The van der Waals surface area contributed by atoms with Crippen LogP contribution in [0, 0.1) is 0 Å². The molecule has 15 heavy (non-hydrogen) atoms. The second kappa shape index (κ2) is 8.36. The van der Waals surface area contributed by atoms with Crippen molar-refractivity contribution in [1.29, 1.82) is 0 Å². The Balaban J connectivity index is 0.000000265. The van der Waals surface area contributed by atoms with E-state index in [4.69, 9.17) is 5.11 Å². The molecule has 84 valence electrons. The third-order valence-electron chi connectivity index (χ3n) is 1.92. The summed E-state index contributed by atoms with van der Waals surface area (Å²) in [5.74, 6) is -0.842. The van der Waals surface area contributed by atoms with E-state index in [1.165, 1.54) is 5.56 Å². The maximum Gasteiger partial charge on any atom is 0.316 e. The van der Waals surface area contributed by atoms with Crippen molar-refractivity contribution in [2.24, 2.45) is 0 Å². The maximum absolute atomic E-state index is 9.85. The summed E-state index contributed by atoms with van der Waals surface area (Å²) >= 11 is 3.73. The molecule has 1 unspecified atom stereocenters. The van der Waals surface area contributed by atoms with Gasteiger partial charge in [0.05, 0.1) is 5.25 Å². The minimum Gasteiger partial charge on any atom is -0.480 e. The first-order valence-electron chi connectivity index (χ1n) is 5.06. The molecule has 0 aliphatic heterocycles. The van der Waals surface area contributed by atoms with Gasteiger partial charge in [0.25, 0.3) is 0 Å². The SMILES string of the molecule is CCC(S)C(=O)O.CCc1ccccc1. The number of carbonyl (C=O) groups is 1. The number of benzene rings is 1. The van der Waals surface area contributed by atoms with E-state index in [1.54, 1.807) is 6.92 Å². The molecule has 1 aromatic carbocycles. The van der Waals surface area contributed by atoms with E-state index in [0.29, 0.717) is 6.42 Å². The number of carboxylic acid groups (broad SMARTS) is 1. The smallest absolute Gasteiger partial charge is 0.316 e. The molecule has 0 amide bonds. The number of hydrogen-bond donors (Lipinski definition) is 2. The van der Waals surface area contributed by atoms with Crippen LogP contribution in [-0.2, 0) is 11.2 Å². The molecule has 0 radical (unpaired) electrons. The summed E-state index contributed by atoms with van der Waals surface area (Å²) in [6.07, 6.45) is 1.72. The highest BCUT2D eigenvalue weighted by atomic mass is 32.1. The summed E-state index contributed by atoms with van der Waals surface area (Å²) < 4.78 is 0. The predicted octanol–water partition coefficient (Wildman–Crippen LogP) is 3.03. The molecule has 2 nitrogen and oxygen atoms in total. The van der Waals surface area contributed by atoms with Gasteiger partial charge in [-0.25, -0.2) is 0 Å². The van der Waals surface area contributed by atoms with E-state index < -0.39 is 11.2 Å². The summed E-state index contributed by atoms with van der Waals surface area (Å²) in [6.45, 7) is 3.95. The topological polar surface area (TPSA) is 37.3 Å². The zero-order chi connectivity index (χ0) is 11.7. The van der Waals surface area contributed by atoms with Crippen molar-refractivity contribution < 1.29 is 9.90 Å². The zero-order valence-electron chi connectivity index (χ0n) is 9.18. The first kappa shape index (κ1) is 14.0. The molecule has 0 saturated carbocycles. The van der Waals surface area contributed by atoms with Crippen molar-refractivity contribution >= 4 is 18.6 Å². The fourth-order valence-electron chi connectivity index (χ4n) is 0.888. The molecule has 1 aromatic rings. The van der Waals surface area contributed by atoms with Gasteiger partial charge >= 0.3 is 5.97 Å². The molecule has 0 aliphatic rings. The maximum atomic E-state index is 9.85. The Bertz CT molecular complexity index is 272. The molecule has 0 bridgehead atoms. The highest BCUT2D eigenvalue weighted by Gasteiger charge is 2.06. The average molecular weight is 226 g/mol. The lowest BCUT2D eigenvalue weighted by atomic mass is 10.2. The van der Waals surface area contributed by atoms with Crippen molar-refractivity contribution in [1.82, 2.24) is 0 Å². The Labute approximate surface area is 96.7 Å². The van der Waals surface area contributed by atoms with Crippen molar-refractivity contribution in [3.05, 3.63) is 35.9 Å². The van der Waals surface area contributed by atoms with Gasteiger partial charge in [0.2, 0.25) is 0 Å². The molecular weight excluding hydrogens is 208 g/mol. The van der Waals surface area contributed by atoms with Crippen LogP contribution in [-0.4, -0.2) is 16.3 Å². The molecule has 0 saturated heterocycles. The number of aryl methyl sites for hydroxylation is 1. The zero-order valence-corrected chi connectivity index (χ0v) is 10.1. The molecule has 0 aromatic heterocycles. The standard InChI is InChI=1S/C8H10.C4H8O2S/c1-2-8-6-4-3-5-7-8;1-2-3(7)4(5)6/h3-7H,2H2,1H3;3,7H,2H2,1H3,(H,5,6). The molecule has 0 spiro atoms. The number of aliphatic carboxylic acids is 1. The summed E-state index contributed by atoms with van der Waals surface area (Å²) in [5.41, 5.74) is 1.41. The minimum absolute atomic E-state index is 0.486. The molecule has 1 rings (SSSR count). The number of thiol groups is 1. The first-order valence-corrected chi connectivity index (χ1v) is 5.58. The van der Waals surface area contributed by atoms with E-state index in [9.17, 15) is 4.79 Å². The molecule has 0 fully saturated rings. The summed E-state index contributed by atoms with van der Waals surface area (Å²) in [6, 6.07) is 10.5. The fourth-order valence-corrected chi connectivity index (χ4v) is 0.888. The van der Waals surface area contributed by atoms with E-state index in [2.05, 4.69) is 43.8 Å². The van der Waals surface area contributed by atoms with Crippen molar-refractivity contribution in [2.75, 3.05) is 0 Å². The Morgan fingerprint density at radius 1 is 1.33 bits per heavy atom. The summed E-state index contributed by atoms with van der Waals surface area (Å²) in [4.78, 5) is 9.85. The van der Waals surface area contributed by atoms with Crippen LogP contribution in [0.15, 0.2) is 30.3 Å². The van der Waals surface area contributed by atoms with E-state index in [-0.39, 0.29) is 0 Å². The first-order chi connectivity index (χ1) is 7.11. The van der Waals surface area contributed by atoms with E-state index >= 15 is 0 Å². The molecule has 0 aliphatic carbocycles. The largest absolute Gasteiger partial charge is 0.480 e. The van der Waals surface area contributed by atoms with Crippen molar-refractivity contribution in [3.8, 4) is 0 Å². The minimum atomic E-state index is -0.842. The van der Waals surface area contributed by atoms with Gasteiger partial charge in [-0.3, -0.25) is 4.79 Å². The van der Waals surface area contributed by atoms with Crippen LogP contribution in [0.25, 0.3) is 0 Å². The third kappa shape index (κ3) is 7.03. The normalized spacial score (nSPS) is 11.1. The number of carboxylic acids is 1. The lowest BCUT2D eigenvalue weighted by Gasteiger charge is -1.95. The lowest BCUT2D eigenvalue weighted by molar-refractivity contribution is -0.136. The molecule has 0 heterocycles. The summed E-state index contributed by atoms with van der Waals surface area (Å²) in [7, 11) is 0. The van der Waals surface area contributed by atoms with Crippen LogP contribution >= 0.6 is 12.6 Å². The molecule has 1 atom stereocenters. The van der Waals surface area contributed by atoms with Crippen LogP contribution in [0.3, 0.4) is 0 Å². The Morgan fingerprint density at radius 2 is 1.87 bits per heavy atom. The van der Waals surface area contributed by atoms with Gasteiger partial charge in [-0.05, 0) is 18.4 Å². The van der Waals surface area contributed by atoms with Crippen LogP contribution in [0.2, 0.25) is 0 Å². The fraction of sp³-hybridized carbons (Fsp3) is 0.417. The molecular formula is C12H18O2S. The third-order valence-corrected chi connectivity index (χ3v) is 2.51. The van der Waals surface area contributed by atoms with Crippen molar-refractivity contribution in [2.45, 2.75) is 31.9 Å². The Morgan fingerprint density at radius 3 is 2.07 bits per heavy atom. The Hall–Kier alpha value is -0.960. The highest BCUT2D eigenvalue weighted by molar-refractivity contribution is 7.81. The molecule has 1 N–H and O–H groups in total. The van der Waals surface area contributed by atoms with Crippen LogP contribution in [0.4, 0.5) is 0 Å². The van der Waals surface area contributed by atoms with Gasteiger partial charge in [0.1, 0.15) is 0 Å². The lowest BCUT2D eigenvalue weighted by Crippen LogP contribution is -2.10. The molecule has 3 heteroatoms. The van der Waals surface area contributed by atoms with Gasteiger partial charge < -0.3 is 5.11 Å². The van der Waals surface area contributed by atoms with Crippen LogP contribution in [0.5, 0.6) is 0 Å². The van der Waals surface area contributed by atoms with Gasteiger partial charge in [0.15, 0.2) is 0 Å². The van der Waals surface area contributed by atoms with Gasteiger partial charge in [-0.2, -0.15) is 12.6 Å². The average Bonchev–Trinajstić information content (AvgIpc) is 2.29. The van der Waals surface area contributed by atoms with Gasteiger partial charge in [0, 0.05) is 0 Å². The second-order valence-corrected chi connectivity index (χ2v) is 3.72. The Kier molecular flexibility index (Phi) is 7.82. The second-order valence-electron chi connectivity index (χ2n) is 3.10. The number of hydrogen-bond acceptors (Lipinski definition) is 2. The quantitative estimate of drug-likeness (QED) is 0.777. The highest BCUT2D eigenvalue weighted by Crippen LogP contribution is 1.98. The van der Waals surface area contributed by atoms with Crippen LogP contribution in [0.1, 0.15) is 25.8 Å². The van der Waals surface area contributed by atoms with Gasteiger partial charge in [-0.15, -0.1) is 0 Å². The van der Waals surface area contributed by atoms with Gasteiger partial charge in [-0.1, -0.05) is 44.2 Å². The predicted molar refractivity (Wildman–Crippen MR) is 66.5 cm³/mol. The van der Waals surface area contributed by atoms with Crippen molar-refractivity contribution in [3.63, 3.8) is 0 Å². The van der Waals surface area contributed by atoms with E-state index in [1.807, 2.05) is 6.07 Å². The van der Waals surface area contributed by atoms with E-state index in [0.717, 1.165) is 6.42 Å².